The van der Waals surface area contributed by atoms with Gasteiger partial charge in [-0.15, -0.1) is 0 Å². The molecule has 4 nitrogen and oxygen atoms in total. The molecule has 0 fully saturated rings. The van der Waals surface area contributed by atoms with Crippen LogP contribution in [0.1, 0.15) is 16.7 Å². The molecule has 0 bridgehead atoms. The van der Waals surface area contributed by atoms with Gasteiger partial charge in [-0.25, -0.2) is 4.98 Å². The zero-order valence-electron chi connectivity index (χ0n) is 12.4. The van der Waals surface area contributed by atoms with Crippen molar-refractivity contribution in [2.45, 2.75) is 26.0 Å². The fourth-order valence-corrected chi connectivity index (χ4v) is 2.58. The third-order valence-electron chi connectivity index (χ3n) is 3.67. The zero-order valence-corrected chi connectivity index (χ0v) is 12.4. The lowest BCUT2D eigenvalue weighted by atomic mass is 10.1. The van der Waals surface area contributed by atoms with Crippen molar-refractivity contribution < 1.29 is 9.47 Å². The summed E-state index contributed by atoms with van der Waals surface area (Å²) in [5.74, 6) is 1.67. The number of pyridine rings is 1. The van der Waals surface area contributed by atoms with Crippen LogP contribution in [-0.4, -0.2) is 24.7 Å². The van der Waals surface area contributed by atoms with E-state index in [-0.39, 0.29) is 6.10 Å². The van der Waals surface area contributed by atoms with E-state index in [1.54, 1.807) is 7.11 Å². The molecule has 0 saturated carbocycles. The number of nitrogens with one attached hydrogen (secondary N) is 1. The Hall–Kier alpha value is -2.07. The lowest BCUT2D eigenvalue weighted by Gasteiger charge is -2.12. The Labute approximate surface area is 125 Å². The number of aromatic nitrogens is 1. The zero-order chi connectivity index (χ0) is 14.7. The van der Waals surface area contributed by atoms with Crippen molar-refractivity contribution in [2.24, 2.45) is 0 Å². The van der Waals surface area contributed by atoms with Crippen LogP contribution in [0.25, 0.3) is 0 Å². The Morgan fingerprint density at radius 3 is 3.00 bits per heavy atom. The Balaban J connectivity index is 1.48. The van der Waals surface area contributed by atoms with E-state index in [1.807, 2.05) is 18.3 Å². The van der Waals surface area contributed by atoms with E-state index in [4.69, 9.17) is 9.47 Å². The number of rotatable bonds is 5. The molecule has 110 valence electrons. The fourth-order valence-electron chi connectivity index (χ4n) is 2.58. The molecule has 1 N–H and O–H groups in total. The number of fused-ring (bicyclic) bond motifs is 1. The van der Waals surface area contributed by atoms with Crippen LogP contribution in [0.5, 0.6) is 11.6 Å². The number of aryl methyl sites for hydroxylation is 1. The van der Waals surface area contributed by atoms with Gasteiger partial charge < -0.3 is 14.8 Å². The van der Waals surface area contributed by atoms with Crippen LogP contribution in [0.15, 0.2) is 36.5 Å². The van der Waals surface area contributed by atoms with Crippen LogP contribution in [0.2, 0.25) is 0 Å². The largest absolute Gasteiger partial charge is 0.488 e. The average Bonchev–Trinajstić information content (AvgIpc) is 2.89. The number of nitrogens with zero attached hydrogens (tertiary/aromatic N) is 1. The minimum Gasteiger partial charge on any atom is -0.488 e. The predicted octanol–water partition coefficient (Wildman–Crippen LogP) is 2.49. The molecule has 21 heavy (non-hydrogen) atoms. The third kappa shape index (κ3) is 3.34. The molecule has 0 amide bonds. The first kappa shape index (κ1) is 13.9. The van der Waals surface area contributed by atoms with Crippen LogP contribution in [-0.2, 0) is 13.0 Å². The maximum atomic E-state index is 5.94. The molecule has 0 radical (unpaired) electrons. The molecule has 0 saturated heterocycles. The summed E-state index contributed by atoms with van der Waals surface area (Å²) in [6, 6.07) is 10.3. The molecule has 1 atom stereocenters. The first-order valence-corrected chi connectivity index (χ1v) is 7.20. The number of ether oxygens (including phenoxy) is 2. The Bertz CT molecular complexity index is 611. The molecular formula is C17H20N2O2. The van der Waals surface area contributed by atoms with Gasteiger partial charge >= 0.3 is 0 Å². The van der Waals surface area contributed by atoms with Crippen molar-refractivity contribution >= 4 is 0 Å². The normalized spacial score (nSPS) is 16.4. The minimum absolute atomic E-state index is 0.216. The van der Waals surface area contributed by atoms with Crippen molar-refractivity contribution in [3.8, 4) is 11.6 Å². The lowest BCUT2D eigenvalue weighted by Crippen LogP contribution is -2.29. The number of hydrogen-bond donors (Lipinski definition) is 1. The highest BCUT2D eigenvalue weighted by atomic mass is 16.5. The highest BCUT2D eigenvalue weighted by Gasteiger charge is 2.22. The second-order valence-electron chi connectivity index (χ2n) is 5.39. The van der Waals surface area contributed by atoms with Gasteiger partial charge in [0.15, 0.2) is 0 Å². The molecule has 1 aromatic heterocycles. The summed E-state index contributed by atoms with van der Waals surface area (Å²) in [7, 11) is 1.62. The van der Waals surface area contributed by atoms with Crippen LogP contribution < -0.4 is 14.8 Å². The van der Waals surface area contributed by atoms with E-state index in [9.17, 15) is 0 Å². The van der Waals surface area contributed by atoms with Gasteiger partial charge in [-0.3, -0.25) is 0 Å². The predicted molar refractivity (Wildman–Crippen MR) is 81.8 cm³/mol. The van der Waals surface area contributed by atoms with Gasteiger partial charge in [0.25, 0.3) is 0 Å². The van der Waals surface area contributed by atoms with Crippen LogP contribution >= 0.6 is 0 Å². The molecule has 3 rings (SSSR count). The maximum absolute atomic E-state index is 5.94. The summed E-state index contributed by atoms with van der Waals surface area (Å²) in [6.07, 6.45) is 3.03. The highest BCUT2D eigenvalue weighted by molar-refractivity contribution is 5.40. The molecule has 4 heteroatoms. The summed E-state index contributed by atoms with van der Waals surface area (Å²) in [6.45, 7) is 3.73. The van der Waals surface area contributed by atoms with Gasteiger partial charge in [0, 0.05) is 31.8 Å². The summed E-state index contributed by atoms with van der Waals surface area (Å²) < 4.78 is 11.0. The molecule has 0 aliphatic carbocycles. The van der Waals surface area contributed by atoms with E-state index in [2.05, 4.69) is 35.4 Å². The molecule has 1 aliphatic rings. The Kier molecular flexibility index (Phi) is 4.06. The van der Waals surface area contributed by atoms with Crippen LogP contribution in [0.3, 0.4) is 0 Å². The van der Waals surface area contributed by atoms with Gasteiger partial charge in [0.05, 0.1) is 7.11 Å². The first-order valence-electron chi connectivity index (χ1n) is 7.20. The summed E-state index contributed by atoms with van der Waals surface area (Å²) in [4.78, 5) is 4.20. The van der Waals surface area contributed by atoms with Crippen molar-refractivity contribution in [1.82, 2.24) is 10.3 Å². The lowest BCUT2D eigenvalue weighted by molar-refractivity contribution is 0.227. The van der Waals surface area contributed by atoms with E-state index >= 15 is 0 Å². The number of benzene rings is 1. The van der Waals surface area contributed by atoms with Gasteiger partial charge in [-0.05, 0) is 24.1 Å². The summed E-state index contributed by atoms with van der Waals surface area (Å²) in [5, 5.41) is 3.42. The third-order valence-corrected chi connectivity index (χ3v) is 3.67. The van der Waals surface area contributed by atoms with Crippen molar-refractivity contribution in [3.63, 3.8) is 0 Å². The van der Waals surface area contributed by atoms with E-state index in [1.165, 1.54) is 11.1 Å². The van der Waals surface area contributed by atoms with E-state index < -0.39 is 0 Å². The molecular weight excluding hydrogens is 264 g/mol. The first-order chi connectivity index (χ1) is 10.2. The number of hydrogen-bond acceptors (Lipinski definition) is 4. The second-order valence-corrected chi connectivity index (χ2v) is 5.39. The SMILES string of the molecule is COc1ccc(CNCC2Cc3cc(C)ccc3O2)cn1. The molecule has 1 unspecified atom stereocenters. The fraction of sp³-hybridized carbons (Fsp3) is 0.353. The molecule has 2 heterocycles. The minimum atomic E-state index is 0.216. The smallest absolute Gasteiger partial charge is 0.212 e. The molecule has 1 aliphatic heterocycles. The average molecular weight is 284 g/mol. The topological polar surface area (TPSA) is 43.4 Å². The maximum Gasteiger partial charge on any atom is 0.212 e. The number of methoxy groups -OCH3 is 1. The van der Waals surface area contributed by atoms with Gasteiger partial charge in [0.2, 0.25) is 5.88 Å². The Morgan fingerprint density at radius 1 is 1.33 bits per heavy atom. The van der Waals surface area contributed by atoms with E-state index in [0.29, 0.717) is 5.88 Å². The summed E-state index contributed by atoms with van der Waals surface area (Å²) in [5.41, 5.74) is 3.74. The van der Waals surface area contributed by atoms with Crippen molar-refractivity contribution in [3.05, 3.63) is 53.2 Å². The van der Waals surface area contributed by atoms with Crippen molar-refractivity contribution in [1.29, 1.82) is 0 Å². The van der Waals surface area contributed by atoms with Crippen LogP contribution in [0, 0.1) is 6.92 Å². The molecule has 0 spiro atoms. The van der Waals surface area contributed by atoms with E-state index in [0.717, 1.165) is 30.8 Å². The van der Waals surface area contributed by atoms with Crippen molar-refractivity contribution in [2.75, 3.05) is 13.7 Å². The quantitative estimate of drug-likeness (QED) is 0.916. The van der Waals surface area contributed by atoms with Crippen LogP contribution in [0.4, 0.5) is 0 Å². The highest BCUT2D eigenvalue weighted by Crippen LogP contribution is 2.29. The molecule has 1 aromatic carbocycles. The standard InChI is InChI=1S/C17H20N2O2/c1-12-3-5-16-14(7-12)8-15(21-16)11-18-9-13-4-6-17(20-2)19-10-13/h3-7,10,15,18H,8-9,11H2,1-2H3. The monoisotopic (exact) mass is 284 g/mol. The van der Waals surface area contributed by atoms with Gasteiger partial charge in [-0.1, -0.05) is 23.8 Å². The molecule has 2 aromatic rings. The summed E-state index contributed by atoms with van der Waals surface area (Å²) >= 11 is 0. The van der Waals surface area contributed by atoms with Gasteiger partial charge in [0.1, 0.15) is 11.9 Å². The Morgan fingerprint density at radius 2 is 2.24 bits per heavy atom. The second kappa shape index (κ2) is 6.14. The van der Waals surface area contributed by atoms with Gasteiger partial charge in [-0.2, -0.15) is 0 Å².